The van der Waals surface area contributed by atoms with Crippen LogP contribution < -0.4 is 14.2 Å². The number of thiocarbonyl (C=S) groups is 1. The first-order valence-corrected chi connectivity index (χ1v) is 12.2. The molecular formula is C25H28ClNO4S2. The summed E-state index contributed by atoms with van der Waals surface area (Å²) in [6.07, 6.45) is 1.76. The van der Waals surface area contributed by atoms with E-state index in [4.69, 9.17) is 38.0 Å². The minimum atomic E-state index is -0.101. The van der Waals surface area contributed by atoms with E-state index in [1.165, 1.54) is 17.3 Å². The van der Waals surface area contributed by atoms with Gasteiger partial charge in [-0.05, 0) is 53.8 Å². The van der Waals surface area contributed by atoms with Crippen LogP contribution in [0.2, 0.25) is 5.02 Å². The van der Waals surface area contributed by atoms with Crippen molar-refractivity contribution in [2.45, 2.75) is 33.1 Å². The molecule has 33 heavy (non-hydrogen) atoms. The molecule has 0 aromatic heterocycles. The number of carbonyl (C=O) groups is 1. The molecule has 1 saturated heterocycles. The maximum atomic E-state index is 12.5. The van der Waals surface area contributed by atoms with Gasteiger partial charge in [0.25, 0.3) is 5.91 Å². The Kier molecular flexibility index (Phi) is 8.32. The first kappa shape index (κ1) is 25.4. The number of ether oxygens (including phenoxy) is 3. The van der Waals surface area contributed by atoms with Gasteiger partial charge in [-0.3, -0.25) is 9.69 Å². The van der Waals surface area contributed by atoms with Gasteiger partial charge in [-0.25, -0.2) is 0 Å². The molecule has 5 nitrogen and oxygen atoms in total. The monoisotopic (exact) mass is 505 g/mol. The zero-order chi connectivity index (χ0) is 24.2. The van der Waals surface area contributed by atoms with Crippen LogP contribution in [0.5, 0.6) is 17.2 Å². The Morgan fingerprint density at radius 3 is 2.36 bits per heavy atom. The fraction of sp³-hybridized carbons (Fsp3) is 0.360. The first-order valence-electron chi connectivity index (χ1n) is 10.6. The van der Waals surface area contributed by atoms with Gasteiger partial charge < -0.3 is 14.2 Å². The Morgan fingerprint density at radius 2 is 1.79 bits per heavy atom. The molecule has 1 aliphatic rings. The van der Waals surface area contributed by atoms with Crippen LogP contribution in [-0.4, -0.2) is 42.0 Å². The molecule has 176 valence electrons. The Labute approximate surface area is 210 Å². The molecule has 0 N–H and O–H groups in total. The van der Waals surface area contributed by atoms with E-state index < -0.39 is 0 Å². The summed E-state index contributed by atoms with van der Waals surface area (Å²) in [4.78, 5) is 14.6. The topological polar surface area (TPSA) is 48.0 Å². The zero-order valence-corrected chi connectivity index (χ0v) is 21.8. The van der Waals surface area contributed by atoms with Crippen molar-refractivity contribution in [3.05, 3.63) is 57.5 Å². The van der Waals surface area contributed by atoms with Crippen molar-refractivity contribution in [1.82, 2.24) is 4.90 Å². The van der Waals surface area contributed by atoms with E-state index in [1.54, 1.807) is 30.2 Å². The Balaban J connectivity index is 1.64. The predicted octanol–water partition coefficient (Wildman–Crippen LogP) is 6.33. The highest BCUT2D eigenvalue weighted by atomic mass is 35.5. The van der Waals surface area contributed by atoms with E-state index in [9.17, 15) is 4.79 Å². The average molecular weight is 506 g/mol. The summed E-state index contributed by atoms with van der Waals surface area (Å²) >= 11 is 13.0. The van der Waals surface area contributed by atoms with Crippen LogP contribution in [0.3, 0.4) is 0 Å². The average Bonchev–Trinajstić information content (AvgIpc) is 3.03. The van der Waals surface area contributed by atoms with E-state index in [0.29, 0.717) is 45.5 Å². The number of amides is 1. The van der Waals surface area contributed by atoms with Gasteiger partial charge in [-0.1, -0.05) is 68.5 Å². The number of thioether (sulfide) groups is 1. The number of benzene rings is 2. The van der Waals surface area contributed by atoms with Gasteiger partial charge in [-0.2, -0.15) is 0 Å². The Morgan fingerprint density at radius 1 is 1.12 bits per heavy atom. The molecule has 1 fully saturated rings. The Bertz CT molecular complexity index is 1060. The molecule has 8 heteroatoms. The molecule has 0 bridgehead atoms. The van der Waals surface area contributed by atoms with E-state index in [0.717, 1.165) is 11.3 Å². The van der Waals surface area contributed by atoms with Crippen LogP contribution in [0, 0.1) is 0 Å². The van der Waals surface area contributed by atoms with Crippen molar-refractivity contribution < 1.29 is 19.0 Å². The Hall–Kier alpha value is -2.22. The summed E-state index contributed by atoms with van der Waals surface area (Å²) in [7, 11) is 1.55. The van der Waals surface area contributed by atoms with Gasteiger partial charge >= 0.3 is 0 Å². The highest BCUT2D eigenvalue weighted by Gasteiger charge is 2.30. The molecule has 0 spiro atoms. The van der Waals surface area contributed by atoms with Crippen molar-refractivity contribution in [2.24, 2.45) is 0 Å². The third-order valence-corrected chi connectivity index (χ3v) is 6.72. The largest absolute Gasteiger partial charge is 0.493 e. The normalized spacial score (nSPS) is 15.3. The highest BCUT2D eigenvalue weighted by molar-refractivity contribution is 8.26. The van der Waals surface area contributed by atoms with E-state index in [-0.39, 0.29) is 11.3 Å². The summed E-state index contributed by atoms with van der Waals surface area (Å²) in [5.41, 5.74) is 2.08. The smallest absolute Gasteiger partial charge is 0.266 e. The minimum absolute atomic E-state index is 0.0993. The van der Waals surface area contributed by atoms with Crippen molar-refractivity contribution in [3.63, 3.8) is 0 Å². The highest BCUT2D eigenvalue weighted by Crippen LogP contribution is 2.39. The maximum absolute atomic E-state index is 12.5. The fourth-order valence-corrected chi connectivity index (χ4v) is 4.90. The quantitative estimate of drug-likeness (QED) is 0.237. The SMILES string of the molecule is CCN1C(=O)/C(=C/c2cc(Cl)c(OCCOc3ccc(C(C)(C)C)cc3)c(OC)c2)SC1=S. The fourth-order valence-electron chi connectivity index (χ4n) is 3.24. The second-order valence-electron chi connectivity index (χ2n) is 8.43. The number of methoxy groups -OCH3 is 1. The molecule has 0 atom stereocenters. The maximum Gasteiger partial charge on any atom is 0.266 e. The lowest BCUT2D eigenvalue weighted by Crippen LogP contribution is -2.27. The van der Waals surface area contributed by atoms with Crippen LogP contribution in [0.4, 0.5) is 0 Å². The van der Waals surface area contributed by atoms with Crippen LogP contribution in [0.25, 0.3) is 6.08 Å². The molecule has 0 aliphatic carbocycles. The molecule has 1 amide bonds. The second-order valence-corrected chi connectivity index (χ2v) is 10.5. The molecule has 2 aromatic rings. The van der Waals surface area contributed by atoms with Crippen LogP contribution in [0.15, 0.2) is 41.3 Å². The number of likely N-dealkylation sites (N-methyl/N-ethyl adjacent to an activating group) is 1. The molecule has 3 rings (SSSR count). The number of hydrogen-bond donors (Lipinski definition) is 0. The summed E-state index contributed by atoms with van der Waals surface area (Å²) < 4.78 is 17.7. The first-order chi connectivity index (χ1) is 15.6. The number of halogens is 1. The molecule has 2 aromatic carbocycles. The minimum Gasteiger partial charge on any atom is -0.493 e. The molecule has 0 radical (unpaired) electrons. The summed E-state index contributed by atoms with van der Waals surface area (Å²) in [5.74, 6) is 1.60. The molecule has 1 heterocycles. The van der Waals surface area contributed by atoms with Crippen LogP contribution in [-0.2, 0) is 10.2 Å². The molecule has 0 saturated carbocycles. The number of rotatable bonds is 8. The zero-order valence-electron chi connectivity index (χ0n) is 19.4. The van der Waals surface area contributed by atoms with Gasteiger partial charge in [0.1, 0.15) is 23.3 Å². The van der Waals surface area contributed by atoms with E-state index >= 15 is 0 Å². The van der Waals surface area contributed by atoms with Gasteiger partial charge in [0.2, 0.25) is 0 Å². The molecular weight excluding hydrogens is 478 g/mol. The van der Waals surface area contributed by atoms with Crippen molar-refractivity contribution in [3.8, 4) is 17.2 Å². The second kappa shape index (κ2) is 10.8. The molecule has 1 aliphatic heterocycles. The van der Waals surface area contributed by atoms with E-state index in [2.05, 4.69) is 32.9 Å². The van der Waals surface area contributed by atoms with Gasteiger partial charge in [-0.15, -0.1) is 0 Å². The lowest BCUT2D eigenvalue weighted by Gasteiger charge is -2.19. The third kappa shape index (κ3) is 6.22. The summed E-state index contributed by atoms with van der Waals surface area (Å²) in [5, 5.41) is 0.390. The standard InChI is InChI=1S/C25H28ClNO4S2/c1-6-27-23(28)21(33-24(27)32)15-16-13-19(26)22(20(14-16)29-5)31-12-11-30-18-9-7-17(8-10-18)25(2,3)4/h7-10,13-15H,6,11-12H2,1-5H3/b21-15-. The predicted molar refractivity (Wildman–Crippen MR) is 140 cm³/mol. The number of carbonyl (C=O) groups excluding carboxylic acids is 1. The summed E-state index contributed by atoms with van der Waals surface area (Å²) in [6.45, 7) is 9.62. The lowest BCUT2D eigenvalue weighted by atomic mass is 9.87. The summed E-state index contributed by atoms with van der Waals surface area (Å²) in [6, 6.07) is 11.6. The lowest BCUT2D eigenvalue weighted by molar-refractivity contribution is -0.121. The molecule has 0 unspecified atom stereocenters. The van der Waals surface area contributed by atoms with Gasteiger partial charge in [0, 0.05) is 6.54 Å². The number of nitrogens with zero attached hydrogens (tertiary/aromatic N) is 1. The van der Waals surface area contributed by atoms with Gasteiger partial charge in [0.15, 0.2) is 11.5 Å². The van der Waals surface area contributed by atoms with E-state index in [1.807, 2.05) is 19.1 Å². The van der Waals surface area contributed by atoms with Crippen LogP contribution in [0.1, 0.15) is 38.8 Å². The van der Waals surface area contributed by atoms with Crippen LogP contribution >= 0.6 is 35.6 Å². The third-order valence-electron chi connectivity index (χ3n) is 5.06. The van der Waals surface area contributed by atoms with Crippen molar-refractivity contribution in [1.29, 1.82) is 0 Å². The van der Waals surface area contributed by atoms with Crippen molar-refractivity contribution >= 4 is 51.9 Å². The number of hydrogen-bond acceptors (Lipinski definition) is 6. The van der Waals surface area contributed by atoms with Crippen molar-refractivity contribution in [2.75, 3.05) is 26.9 Å². The van der Waals surface area contributed by atoms with Gasteiger partial charge in [0.05, 0.1) is 17.0 Å².